The van der Waals surface area contributed by atoms with Crippen molar-refractivity contribution in [3.05, 3.63) is 124 Å². The molecule has 0 saturated heterocycles. The number of aliphatic imine (C=N–C) groups is 1. The van der Waals surface area contributed by atoms with Gasteiger partial charge in [0.05, 0.1) is 17.4 Å². The average Bonchev–Trinajstić information content (AvgIpc) is 3.36. The fourth-order valence-electron chi connectivity index (χ4n) is 5.12. The van der Waals surface area contributed by atoms with Gasteiger partial charge in [-0.1, -0.05) is 56.7 Å². The molecule has 1 aliphatic carbocycles. The lowest BCUT2D eigenvalue weighted by molar-refractivity contribution is 0.799. The first-order valence-electron chi connectivity index (χ1n) is 12.8. The van der Waals surface area contributed by atoms with Crippen molar-refractivity contribution < 1.29 is 0 Å². The maximum atomic E-state index is 5.20. The van der Waals surface area contributed by atoms with Crippen LogP contribution in [-0.2, 0) is 6.42 Å². The van der Waals surface area contributed by atoms with Gasteiger partial charge in [-0.15, -0.1) is 0 Å². The van der Waals surface area contributed by atoms with Crippen LogP contribution in [0.3, 0.4) is 0 Å². The Hall–Kier alpha value is -3.79. The molecule has 2 aliphatic rings. The second-order valence-corrected chi connectivity index (χ2v) is 10.3. The molecule has 4 heteroatoms. The minimum Gasteiger partial charge on any atom is -0.356 e. The molecule has 1 aliphatic heterocycles. The van der Waals surface area contributed by atoms with Crippen molar-refractivity contribution in [3.63, 3.8) is 0 Å². The molecule has 3 aromatic rings. The topological polar surface area (TPSA) is 53.9 Å². The van der Waals surface area contributed by atoms with Gasteiger partial charge < -0.3 is 4.98 Å². The minimum absolute atomic E-state index is 0.122. The molecule has 3 aromatic heterocycles. The first kappa shape index (κ1) is 23.9. The Morgan fingerprint density at radius 2 is 1.81 bits per heavy atom. The van der Waals surface area contributed by atoms with Crippen LogP contribution in [0.15, 0.2) is 101 Å². The molecule has 0 spiro atoms. The Balaban J connectivity index is 1.61. The van der Waals surface area contributed by atoms with Crippen molar-refractivity contribution in [2.75, 3.05) is 0 Å². The molecule has 0 saturated carbocycles. The Bertz CT molecular complexity index is 1400. The van der Waals surface area contributed by atoms with Crippen LogP contribution in [0.2, 0.25) is 0 Å². The maximum Gasteiger partial charge on any atom is 0.0889 e. The molecule has 0 bridgehead atoms. The lowest BCUT2D eigenvalue weighted by Gasteiger charge is -2.13. The van der Waals surface area contributed by atoms with E-state index >= 15 is 0 Å². The fourth-order valence-corrected chi connectivity index (χ4v) is 5.12. The lowest BCUT2D eigenvalue weighted by atomic mass is 9.90. The van der Waals surface area contributed by atoms with Gasteiger partial charge in [0.1, 0.15) is 0 Å². The summed E-state index contributed by atoms with van der Waals surface area (Å²) >= 11 is 0. The van der Waals surface area contributed by atoms with Gasteiger partial charge in [0.25, 0.3) is 0 Å². The van der Waals surface area contributed by atoms with Crippen LogP contribution < -0.4 is 0 Å². The molecular weight excluding hydrogens is 440 g/mol. The van der Waals surface area contributed by atoms with E-state index < -0.39 is 0 Å². The van der Waals surface area contributed by atoms with E-state index in [9.17, 15) is 0 Å². The molecule has 2 atom stereocenters. The van der Waals surface area contributed by atoms with Crippen molar-refractivity contribution in [1.82, 2.24) is 15.0 Å². The Kier molecular flexibility index (Phi) is 6.69. The predicted molar refractivity (Wildman–Crippen MR) is 149 cm³/mol. The zero-order valence-corrected chi connectivity index (χ0v) is 21.8. The fraction of sp³-hybridized carbons (Fsp3) is 0.281. The van der Waals surface area contributed by atoms with Crippen LogP contribution >= 0.6 is 0 Å². The molecule has 0 amide bonds. The Labute approximate surface area is 214 Å². The Morgan fingerprint density at radius 3 is 2.53 bits per heavy atom. The summed E-state index contributed by atoms with van der Waals surface area (Å²) in [6.07, 6.45) is 17.6. The number of rotatable bonds is 5. The lowest BCUT2D eigenvalue weighted by Crippen LogP contribution is -2.06. The number of allylic oxidation sites excluding steroid dienone is 5. The number of nitrogens with one attached hydrogen (secondary N) is 1. The van der Waals surface area contributed by atoms with Gasteiger partial charge in [0.2, 0.25) is 0 Å². The third kappa shape index (κ3) is 4.81. The highest BCUT2D eigenvalue weighted by Gasteiger charge is 2.29. The van der Waals surface area contributed by atoms with Crippen molar-refractivity contribution >= 4 is 11.3 Å². The average molecular weight is 475 g/mol. The first-order chi connectivity index (χ1) is 17.4. The molecule has 182 valence electrons. The molecule has 4 heterocycles. The smallest absolute Gasteiger partial charge is 0.0889 e. The second-order valence-electron chi connectivity index (χ2n) is 10.3. The molecule has 1 unspecified atom stereocenters. The van der Waals surface area contributed by atoms with E-state index in [0.29, 0.717) is 5.92 Å². The highest BCUT2D eigenvalue weighted by molar-refractivity contribution is 6.17. The number of pyridine rings is 2. The third-order valence-electron chi connectivity index (χ3n) is 6.91. The number of H-pyrrole nitrogens is 1. The van der Waals surface area contributed by atoms with E-state index in [1.54, 1.807) is 0 Å². The summed E-state index contributed by atoms with van der Waals surface area (Å²) in [7, 11) is 0. The zero-order chi connectivity index (χ0) is 25.2. The highest BCUT2D eigenvalue weighted by Crippen LogP contribution is 2.36. The van der Waals surface area contributed by atoms with E-state index in [1.807, 2.05) is 30.9 Å². The van der Waals surface area contributed by atoms with Gasteiger partial charge in [0.15, 0.2) is 0 Å². The van der Waals surface area contributed by atoms with Gasteiger partial charge in [-0.2, -0.15) is 0 Å². The SMILES string of the molecule is CC1=CC=C(c2cccnc2)c2cc(C3=N[C@@H](C)C(=C/C(C)C)/C3=C\C(C)c3ccncc3)[nH]c2C1. The van der Waals surface area contributed by atoms with E-state index in [-0.39, 0.29) is 12.0 Å². The molecular formula is C32H34N4. The highest BCUT2D eigenvalue weighted by atomic mass is 14.9. The normalized spacial score (nSPS) is 20.7. The van der Waals surface area contributed by atoms with Crippen molar-refractivity contribution in [3.8, 4) is 0 Å². The van der Waals surface area contributed by atoms with Gasteiger partial charge in [0, 0.05) is 59.5 Å². The summed E-state index contributed by atoms with van der Waals surface area (Å²) in [4.78, 5) is 17.5. The van der Waals surface area contributed by atoms with Crippen LogP contribution in [0.5, 0.6) is 0 Å². The van der Waals surface area contributed by atoms with E-state index in [1.165, 1.54) is 39.1 Å². The Morgan fingerprint density at radius 1 is 1.00 bits per heavy atom. The third-order valence-corrected chi connectivity index (χ3v) is 6.91. The molecule has 0 aromatic carbocycles. The summed E-state index contributed by atoms with van der Waals surface area (Å²) in [5, 5.41) is 0. The van der Waals surface area contributed by atoms with E-state index in [0.717, 1.165) is 23.4 Å². The van der Waals surface area contributed by atoms with Gasteiger partial charge in [-0.05, 0) is 60.7 Å². The summed E-state index contributed by atoms with van der Waals surface area (Å²) in [6, 6.07) is 10.7. The number of aromatic amines is 1. The summed E-state index contributed by atoms with van der Waals surface area (Å²) < 4.78 is 0. The van der Waals surface area contributed by atoms with E-state index in [4.69, 9.17) is 4.99 Å². The maximum absolute atomic E-state index is 5.20. The summed E-state index contributed by atoms with van der Waals surface area (Å²) in [6.45, 7) is 11.1. The van der Waals surface area contributed by atoms with Crippen LogP contribution in [0.1, 0.15) is 68.6 Å². The van der Waals surface area contributed by atoms with Gasteiger partial charge >= 0.3 is 0 Å². The summed E-state index contributed by atoms with van der Waals surface area (Å²) in [5.41, 5.74) is 12.0. The van der Waals surface area contributed by atoms with Crippen LogP contribution in [0.4, 0.5) is 0 Å². The van der Waals surface area contributed by atoms with Crippen LogP contribution in [0, 0.1) is 5.92 Å². The number of hydrogen-bond donors (Lipinski definition) is 1. The molecule has 4 nitrogen and oxygen atoms in total. The number of nitrogens with zero attached hydrogens (tertiary/aromatic N) is 3. The van der Waals surface area contributed by atoms with Gasteiger partial charge in [-0.25, -0.2) is 0 Å². The molecule has 36 heavy (non-hydrogen) atoms. The summed E-state index contributed by atoms with van der Waals surface area (Å²) in [5.74, 6) is 0.697. The van der Waals surface area contributed by atoms with Crippen LogP contribution in [0.25, 0.3) is 5.57 Å². The van der Waals surface area contributed by atoms with Gasteiger partial charge in [-0.3, -0.25) is 15.0 Å². The first-order valence-corrected chi connectivity index (χ1v) is 12.8. The molecule has 0 fully saturated rings. The molecule has 0 radical (unpaired) electrons. The van der Waals surface area contributed by atoms with Crippen LogP contribution in [-0.4, -0.2) is 26.7 Å². The van der Waals surface area contributed by atoms with Crippen molar-refractivity contribution in [2.45, 2.75) is 53.0 Å². The predicted octanol–water partition coefficient (Wildman–Crippen LogP) is 7.24. The van der Waals surface area contributed by atoms with E-state index in [2.05, 4.69) is 98.1 Å². The quantitative estimate of drug-likeness (QED) is 0.424. The number of aromatic nitrogens is 3. The largest absolute Gasteiger partial charge is 0.356 e. The van der Waals surface area contributed by atoms with Crippen molar-refractivity contribution in [2.24, 2.45) is 10.9 Å². The zero-order valence-electron chi connectivity index (χ0n) is 21.8. The number of hydrogen-bond acceptors (Lipinski definition) is 3. The number of fused-ring (bicyclic) bond motifs is 1. The monoisotopic (exact) mass is 474 g/mol. The molecule has 1 N–H and O–H groups in total. The minimum atomic E-state index is 0.122. The standard InChI is InChI=1S/C32H34N4/c1-20(2)15-27-23(5)35-32(29(27)17-22(4)24-10-13-33-14-11-24)31-18-28-26(25-7-6-12-34-19-25)9-8-21(3)16-30(28)36-31/h6-15,17-20,22-23,36H,16H2,1-5H3/b27-15-,29-17+/t22?,23-/m0/s1. The van der Waals surface area contributed by atoms with Crippen molar-refractivity contribution in [1.29, 1.82) is 0 Å². The molecule has 5 rings (SSSR count). The second kappa shape index (κ2) is 10.1.